The maximum absolute atomic E-state index is 12.4. The Morgan fingerprint density at radius 3 is 2.04 bits per heavy atom. The first-order valence-corrected chi connectivity index (χ1v) is 12.1. The Morgan fingerprint density at radius 1 is 0.786 bits per heavy atom. The quantitative estimate of drug-likeness (QED) is 0.425. The number of hydrogen-bond donors (Lipinski definition) is 0. The van der Waals surface area contributed by atoms with Gasteiger partial charge in [-0.25, -0.2) is 0 Å². The molecule has 4 rings (SSSR count). The van der Waals surface area contributed by atoms with Gasteiger partial charge in [0, 0.05) is 5.92 Å². The van der Waals surface area contributed by atoms with Crippen molar-refractivity contribution in [2.45, 2.75) is 107 Å². The van der Waals surface area contributed by atoms with E-state index in [1.54, 1.807) is 11.1 Å². The van der Waals surface area contributed by atoms with Crippen molar-refractivity contribution in [3.63, 3.8) is 0 Å². The minimum Gasteiger partial charge on any atom is -0.300 e. The zero-order valence-electron chi connectivity index (χ0n) is 19.9. The van der Waals surface area contributed by atoms with E-state index in [1.165, 1.54) is 44.9 Å². The lowest BCUT2D eigenvalue weighted by atomic mass is 9.35. The smallest absolute Gasteiger partial charge is 0.133 e. The lowest BCUT2D eigenvalue weighted by Crippen LogP contribution is -2.62. The van der Waals surface area contributed by atoms with E-state index >= 15 is 0 Å². The molecule has 0 saturated heterocycles. The lowest BCUT2D eigenvalue weighted by Gasteiger charge is -2.69. The van der Waals surface area contributed by atoms with Crippen LogP contribution in [0.15, 0.2) is 11.1 Å². The zero-order chi connectivity index (χ0) is 20.7. The van der Waals surface area contributed by atoms with Gasteiger partial charge in [-0.2, -0.15) is 0 Å². The maximum Gasteiger partial charge on any atom is 0.133 e. The first-order chi connectivity index (χ1) is 12.9. The summed E-state index contributed by atoms with van der Waals surface area (Å²) >= 11 is 0. The molecule has 4 aliphatic rings. The van der Waals surface area contributed by atoms with Crippen LogP contribution in [-0.4, -0.2) is 5.78 Å². The Balaban J connectivity index is 1.74. The normalized spacial score (nSPS) is 49.8. The van der Waals surface area contributed by atoms with E-state index in [2.05, 4.69) is 48.5 Å². The highest BCUT2D eigenvalue weighted by molar-refractivity contribution is 5.79. The van der Waals surface area contributed by atoms with Crippen LogP contribution in [0.3, 0.4) is 0 Å². The molecule has 0 aromatic carbocycles. The second-order valence-electron chi connectivity index (χ2n) is 12.6. The van der Waals surface area contributed by atoms with Crippen molar-refractivity contribution in [2.24, 2.45) is 45.3 Å². The standard InChI is InChI=1S/C27H44O/c1-17(2)20-12-14-25(6)22(24(20,4)5)13-16-27(8)23(25)10-9-21-19(18(3)28)11-15-26(21,27)7/h19,21-23H,9-16H2,1-8H3/t19-,21-,22+,23-,25+,26-,27-/m1/s1. The second-order valence-corrected chi connectivity index (χ2v) is 12.6. The van der Waals surface area contributed by atoms with Crippen molar-refractivity contribution >= 4 is 5.78 Å². The Labute approximate surface area is 174 Å². The van der Waals surface area contributed by atoms with Gasteiger partial charge in [-0.05, 0) is 112 Å². The molecule has 1 nitrogen and oxygen atoms in total. The van der Waals surface area contributed by atoms with Gasteiger partial charge in [0.05, 0.1) is 0 Å². The van der Waals surface area contributed by atoms with Crippen LogP contribution in [0.5, 0.6) is 0 Å². The van der Waals surface area contributed by atoms with Crippen molar-refractivity contribution < 1.29 is 4.79 Å². The van der Waals surface area contributed by atoms with Gasteiger partial charge in [-0.1, -0.05) is 45.8 Å². The minimum atomic E-state index is 0.336. The van der Waals surface area contributed by atoms with E-state index in [-0.39, 0.29) is 0 Å². The molecule has 4 saturated carbocycles. The fourth-order valence-electron chi connectivity index (χ4n) is 9.95. The molecule has 4 fully saturated rings. The number of Topliss-reactive ketones (excluding diaryl/α,β-unsaturated/α-hetero) is 1. The molecule has 28 heavy (non-hydrogen) atoms. The largest absolute Gasteiger partial charge is 0.300 e. The number of hydrogen-bond acceptors (Lipinski definition) is 1. The van der Waals surface area contributed by atoms with Crippen LogP contribution >= 0.6 is 0 Å². The molecule has 7 atom stereocenters. The van der Waals surface area contributed by atoms with E-state index in [0.29, 0.717) is 39.3 Å². The van der Waals surface area contributed by atoms with Crippen molar-refractivity contribution in [3.05, 3.63) is 11.1 Å². The predicted molar refractivity (Wildman–Crippen MR) is 118 cm³/mol. The van der Waals surface area contributed by atoms with Gasteiger partial charge in [-0.3, -0.25) is 4.79 Å². The molecular formula is C27H44O. The molecule has 4 aliphatic carbocycles. The number of allylic oxidation sites excluding steroid dienone is 2. The Bertz CT molecular complexity index is 710. The second kappa shape index (κ2) is 6.21. The summed E-state index contributed by atoms with van der Waals surface area (Å²) in [6.45, 7) is 19.5. The van der Waals surface area contributed by atoms with Gasteiger partial charge in [0.1, 0.15) is 5.78 Å². The van der Waals surface area contributed by atoms with Crippen molar-refractivity contribution in [1.82, 2.24) is 0 Å². The van der Waals surface area contributed by atoms with E-state index in [4.69, 9.17) is 0 Å². The van der Waals surface area contributed by atoms with Crippen LogP contribution in [0.2, 0.25) is 0 Å². The van der Waals surface area contributed by atoms with Crippen molar-refractivity contribution in [2.75, 3.05) is 0 Å². The summed E-state index contributed by atoms with van der Waals surface area (Å²) in [4.78, 5) is 12.4. The highest BCUT2D eigenvalue weighted by atomic mass is 16.1. The molecule has 0 radical (unpaired) electrons. The summed E-state index contributed by atoms with van der Waals surface area (Å²) in [5.41, 5.74) is 4.87. The molecule has 0 spiro atoms. The highest BCUT2D eigenvalue weighted by Gasteiger charge is 2.68. The van der Waals surface area contributed by atoms with Crippen LogP contribution in [0, 0.1) is 45.3 Å². The van der Waals surface area contributed by atoms with E-state index in [0.717, 1.165) is 18.3 Å². The van der Waals surface area contributed by atoms with Gasteiger partial charge in [0.2, 0.25) is 0 Å². The summed E-state index contributed by atoms with van der Waals surface area (Å²) in [6, 6.07) is 0. The lowest BCUT2D eigenvalue weighted by molar-refractivity contribution is -0.194. The third-order valence-electron chi connectivity index (χ3n) is 11.4. The third kappa shape index (κ3) is 2.40. The summed E-state index contributed by atoms with van der Waals surface area (Å²) in [5, 5.41) is 0. The summed E-state index contributed by atoms with van der Waals surface area (Å²) in [5.74, 6) is 3.07. The van der Waals surface area contributed by atoms with Crippen LogP contribution in [0.1, 0.15) is 107 Å². The van der Waals surface area contributed by atoms with Crippen LogP contribution in [0.25, 0.3) is 0 Å². The maximum atomic E-state index is 12.4. The molecule has 0 aromatic rings. The molecule has 0 bridgehead atoms. The first-order valence-electron chi connectivity index (χ1n) is 12.1. The number of fused-ring (bicyclic) bond motifs is 5. The van der Waals surface area contributed by atoms with Gasteiger partial charge in [-0.15, -0.1) is 0 Å². The number of carbonyl (C=O) groups excluding carboxylic acids is 1. The Morgan fingerprint density at radius 2 is 1.43 bits per heavy atom. The molecule has 0 unspecified atom stereocenters. The van der Waals surface area contributed by atoms with Crippen LogP contribution in [0.4, 0.5) is 0 Å². The average molecular weight is 385 g/mol. The van der Waals surface area contributed by atoms with E-state index < -0.39 is 0 Å². The van der Waals surface area contributed by atoms with Gasteiger partial charge >= 0.3 is 0 Å². The fourth-order valence-corrected chi connectivity index (χ4v) is 9.95. The van der Waals surface area contributed by atoms with E-state index in [1.807, 2.05) is 6.92 Å². The van der Waals surface area contributed by atoms with Crippen molar-refractivity contribution in [1.29, 1.82) is 0 Å². The molecule has 0 N–H and O–H groups in total. The van der Waals surface area contributed by atoms with Gasteiger partial charge < -0.3 is 0 Å². The topological polar surface area (TPSA) is 17.1 Å². The molecule has 158 valence electrons. The number of carbonyl (C=O) groups is 1. The Hall–Kier alpha value is -0.590. The molecule has 0 amide bonds. The molecule has 1 heteroatoms. The number of ketones is 1. The van der Waals surface area contributed by atoms with E-state index in [9.17, 15) is 4.79 Å². The minimum absolute atomic E-state index is 0.336. The highest BCUT2D eigenvalue weighted by Crippen LogP contribution is 2.75. The van der Waals surface area contributed by atoms with Crippen molar-refractivity contribution in [3.8, 4) is 0 Å². The third-order valence-corrected chi connectivity index (χ3v) is 11.4. The number of rotatable bonds is 1. The zero-order valence-corrected chi connectivity index (χ0v) is 19.9. The van der Waals surface area contributed by atoms with Crippen LogP contribution < -0.4 is 0 Å². The van der Waals surface area contributed by atoms with Gasteiger partial charge in [0.15, 0.2) is 0 Å². The predicted octanol–water partition coefficient (Wildman–Crippen LogP) is 7.60. The first kappa shape index (κ1) is 20.7. The monoisotopic (exact) mass is 384 g/mol. The average Bonchev–Trinajstić information content (AvgIpc) is 2.92. The fraction of sp³-hybridized carbons (Fsp3) is 0.889. The summed E-state index contributed by atoms with van der Waals surface area (Å²) in [7, 11) is 0. The molecular weight excluding hydrogens is 340 g/mol. The molecule has 0 heterocycles. The Kier molecular flexibility index (Phi) is 4.58. The SMILES string of the molecule is CC(=O)[C@H]1CC[C@]2(C)[C@@H]1CC[C@@H]1[C@@]3(C)CCC(=C(C)C)C(C)(C)[C@@H]3CC[C@]12C. The molecule has 0 aliphatic heterocycles. The van der Waals surface area contributed by atoms with Crippen LogP contribution in [-0.2, 0) is 4.79 Å². The van der Waals surface area contributed by atoms with Gasteiger partial charge in [0.25, 0.3) is 0 Å². The molecule has 0 aromatic heterocycles. The summed E-state index contributed by atoms with van der Waals surface area (Å²) < 4.78 is 0. The summed E-state index contributed by atoms with van der Waals surface area (Å²) in [6.07, 6.45) is 10.5.